The van der Waals surface area contributed by atoms with Crippen LogP contribution in [0.5, 0.6) is 0 Å². The molecule has 29 heavy (non-hydrogen) atoms. The van der Waals surface area contributed by atoms with Crippen LogP contribution in [0.4, 0.5) is 5.82 Å². The topological polar surface area (TPSA) is 87.6 Å². The van der Waals surface area contributed by atoms with Gasteiger partial charge in [0.25, 0.3) is 0 Å². The summed E-state index contributed by atoms with van der Waals surface area (Å²) < 4.78 is 3.70. The van der Waals surface area contributed by atoms with E-state index in [2.05, 4.69) is 24.9 Å². The van der Waals surface area contributed by atoms with E-state index in [-0.39, 0.29) is 0 Å². The highest BCUT2D eigenvalue weighted by molar-refractivity contribution is 5.62. The van der Waals surface area contributed by atoms with E-state index in [4.69, 9.17) is 4.98 Å². The van der Waals surface area contributed by atoms with Gasteiger partial charge in [0.15, 0.2) is 11.5 Å². The minimum Gasteiger partial charge on any atom is -0.379 e. The summed E-state index contributed by atoms with van der Waals surface area (Å²) in [5.41, 5.74) is 2.51. The minimum absolute atomic E-state index is 0.410. The van der Waals surface area contributed by atoms with E-state index in [0.717, 1.165) is 49.0 Å². The van der Waals surface area contributed by atoms with Gasteiger partial charge in [-0.05, 0) is 25.1 Å². The van der Waals surface area contributed by atoms with Gasteiger partial charge in [0.05, 0.1) is 30.0 Å². The van der Waals surface area contributed by atoms with Gasteiger partial charge in [-0.3, -0.25) is 9.30 Å². The number of fused-ring (bicyclic) bond motifs is 1. The number of aromatic nitrogens is 6. The average molecular weight is 390 g/mol. The second-order valence-corrected chi connectivity index (χ2v) is 7.10. The van der Waals surface area contributed by atoms with Crippen LogP contribution in [0, 0.1) is 0 Å². The Hall–Kier alpha value is -3.30. The zero-order valence-corrected chi connectivity index (χ0v) is 16.1. The number of imidazole rings is 1. The van der Waals surface area contributed by atoms with Crippen molar-refractivity contribution in [2.24, 2.45) is 0 Å². The summed E-state index contributed by atoms with van der Waals surface area (Å²) in [6.07, 6.45) is 8.65. The van der Waals surface area contributed by atoms with E-state index in [1.165, 1.54) is 0 Å². The second-order valence-electron chi connectivity index (χ2n) is 7.10. The van der Waals surface area contributed by atoms with E-state index in [0.29, 0.717) is 5.82 Å². The highest BCUT2D eigenvalue weighted by atomic mass is 16.3. The normalized spacial score (nSPS) is 16.4. The van der Waals surface area contributed by atoms with Crippen LogP contribution in [0.3, 0.4) is 0 Å². The SMILES string of the molecule is CC(O)N1CCN(c2cccc(-c3cnc4cnc(-n5cccn5)cn34)n2)CC1. The molecule has 0 aliphatic carbocycles. The maximum absolute atomic E-state index is 9.77. The van der Waals surface area contributed by atoms with Gasteiger partial charge in [0.1, 0.15) is 12.0 Å². The molecule has 4 aromatic heterocycles. The van der Waals surface area contributed by atoms with Crippen LogP contribution < -0.4 is 4.90 Å². The van der Waals surface area contributed by atoms with Gasteiger partial charge < -0.3 is 10.0 Å². The number of pyridine rings is 1. The average Bonchev–Trinajstić information content (AvgIpc) is 3.43. The molecule has 5 rings (SSSR count). The predicted molar refractivity (Wildman–Crippen MR) is 109 cm³/mol. The van der Waals surface area contributed by atoms with Gasteiger partial charge in [0, 0.05) is 38.6 Å². The summed E-state index contributed by atoms with van der Waals surface area (Å²) in [6, 6.07) is 7.91. The summed E-state index contributed by atoms with van der Waals surface area (Å²) in [6.45, 7) is 5.12. The maximum atomic E-state index is 9.77. The lowest BCUT2D eigenvalue weighted by Crippen LogP contribution is -2.49. The molecule has 0 saturated carbocycles. The number of aliphatic hydroxyl groups excluding tert-OH is 1. The van der Waals surface area contributed by atoms with Crippen molar-refractivity contribution in [2.75, 3.05) is 31.1 Å². The molecular formula is C20H22N8O. The van der Waals surface area contributed by atoms with Crippen LogP contribution in [0.1, 0.15) is 6.92 Å². The number of hydrogen-bond acceptors (Lipinski definition) is 7. The number of anilines is 1. The van der Waals surface area contributed by atoms with E-state index in [9.17, 15) is 5.11 Å². The Kier molecular flexibility index (Phi) is 4.45. The van der Waals surface area contributed by atoms with Gasteiger partial charge in [-0.1, -0.05) is 6.07 Å². The lowest BCUT2D eigenvalue weighted by Gasteiger charge is -2.36. The Bertz CT molecular complexity index is 1110. The Morgan fingerprint density at radius 1 is 1.00 bits per heavy atom. The van der Waals surface area contributed by atoms with Crippen molar-refractivity contribution in [3.8, 4) is 17.2 Å². The number of rotatable bonds is 4. The summed E-state index contributed by atoms with van der Waals surface area (Å²) in [5.74, 6) is 1.65. The molecule has 1 unspecified atom stereocenters. The molecule has 1 aliphatic heterocycles. The molecule has 1 fully saturated rings. The van der Waals surface area contributed by atoms with Crippen molar-refractivity contribution >= 4 is 11.5 Å². The highest BCUT2D eigenvalue weighted by Crippen LogP contribution is 2.23. The minimum atomic E-state index is -0.410. The third kappa shape index (κ3) is 3.34. The molecule has 0 bridgehead atoms. The van der Waals surface area contributed by atoms with E-state index in [1.807, 2.05) is 54.2 Å². The van der Waals surface area contributed by atoms with Crippen molar-refractivity contribution in [2.45, 2.75) is 13.2 Å². The van der Waals surface area contributed by atoms with E-state index >= 15 is 0 Å². The lowest BCUT2D eigenvalue weighted by molar-refractivity contribution is 0.0152. The molecule has 9 nitrogen and oxygen atoms in total. The van der Waals surface area contributed by atoms with Gasteiger partial charge in [0.2, 0.25) is 0 Å². The molecule has 1 N–H and O–H groups in total. The zero-order chi connectivity index (χ0) is 19.8. The van der Waals surface area contributed by atoms with Gasteiger partial charge in [-0.15, -0.1) is 0 Å². The van der Waals surface area contributed by atoms with Crippen molar-refractivity contribution in [3.05, 3.63) is 55.2 Å². The largest absolute Gasteiger partial charge is 0.379 e. The molecule has 4 aromatic rings. The summed E-state index contributed by atoms with van der Waals surface area (Å²) in [7, 11) is 0. The van der Waals surface area contributed by atoms with Gasteiger partial charge in [-0.2, -0.15) is 5.10 Å². The third-order valence-electron chi connectivity index (χ3n) is 5.28. The maximum Gasteiger partial charge on any atom is 0.170 e. The molecule has 5 heterocycles. The zero-order valence-electron chi connectivity index (χ0n) is 16.1. The smallest absolute Gasteiger partial charge is 0.170 e. The number of nitrogens with zero attached hydrogens (tertiary/aromatic N) is 8. The van der Waals surface area contributed by atoms with Crippen molar-refractivity contribution in [3.63, 3.8) is 0 Å². The molecule has 148 valence electrons. The molecule has 9 heteroatoms. The van der Waals surface area contributed by atoms with Crippen molar-refractivity contribution in [1.82, 2.24) is 34.0 Å². The first-order valence-corrected chi connectivity index (χ1v) is 9.67. The first kappa shape index (κ1) is 17.8. The van der Waals surface area contributed by atoms with Crippen LogP contribution in [0.2, 0.25) is 0 Å². The third-order valence-corrected chi connectivity index (χ3v) is 5.28. The highest BCUT2D eigenvalue weighted by Gasteiger charge is 2.21. The number of piperazine rings is 1. The molecule has 1 aliphatic rings. The van der Waals surface area contributed by atoms with Gasteiger partial charge in [-0.25, -0.2) is 19.6 Å². The fourth-order valence-corrected chi connectivity index (χ4v) is 3.66. The molecule has 0 amide bonds. The first-order chi connectivity index (χ1) is 14.2. The summed E-state index contributed by atoms with van der Waals surface area (Å²) in [4.78, 5) is 18.1. The Labute approximate surface area is 167 Å². The lowest BCUT2D eigenvalue weighted by atomic mass is 10.2. The monoisotopic (exact) mass is 390 g/mol. The molecule has 1 saturated heterocycles. The fourth-order valence-electron chi connectivity index (χ4n) is 3.66. The van der Waals surface area contributed by atoms with Crippen LogP contribution in [-0.2, 0) is 0 Å². The Balaban J connectivity index is 1.46. The van der Waals surface area contributed by atoms with Crippen molar-refractivity contribution < 1.29 is 5.11 Å². The van der Waals surface area contributed by atoms with Crippen LogP contribution in [0.15, 0.2) is 55.2 Å². The summed E-state index contributed by atoms with van der Waals surface area (Å²) in [5, 5.41) is 14.0. The van der Waals surface area contributed by atoms with Crippen LogP contribution >= 0.6 is 0 Å². The predicted octanol–water partition coefficient (Wildman–Crippen LogP) is 1.44. The Morgan fingerprint density at radius 2 is 1.86 bits per heavy atom. The fraction of sp³-hybridized carbons (Fsp3) is 0.300. The molecule has 0 aromatic carbocycles. The standard InChI is InChI=1S/C20H22N8O/c1-15(29)25-8-10-26(11-9-25)18-5-2-4-16(24-18)17-12-21-19-13-22-20(14-27(17)19)28-7-3-6-23-28/h2-7,12-15,29H,8-11H2,1H3. The molecular weight excluding hydrogens is 368 g/mol. The molecule has 1 atom stereocenters. The number of hydrogen-bond donors (Lipinski definition) is 1. The van der Waals surface area contributed by atoms with Crippen LogP contribution in [-0.4, -0.2) is 71.5 Å². The summed E-state index contributed by atoms with van der Waals surface area (Å²) >= 11 is 0. The Morgan fingerprint density at radius 3 is 2.62 bits per heavy atom. The first-order valence-electron chi connectivity index (χ1n) is 9.67. The van der Waals surface area contributed by atoms with Gasteiger partial charge >= 0.3 is 0 Å². The second kappa shape index (κ2) is 7.26. The number of aliphatic hydroxyl groups is 1. The van der Waals surface area contributed by atoms with E-state index < -0.39 is 6.23 Å². The molecule has 0 radical (unpaired) electrons. The van der Waals surface area contributed by atoms with E-state index in [1.54, 1.807) is 17.1 Å². The van der Waals surface area contributed by atoms with Crippen LogP contribution in [0.25, 0.3) is 22.9 Å². The van der Waals surface area contributed by atoms with Crippen molar-refractivity contribution in [1.29, 1.82) is 0 Å². The quantitative estimate of drug-likeness (QED) is 0.564. The molecule has 0 spiro atoms.